The molecule has 15 heavy (non-hydrogen) atoms. The van der Waals surface area contributed by atoms with Gasteiger partial charge in [0, 0.05) is 24.5 Å². The smallest absolute Gasteiger partial charge is 0.301 e. The third-order valence-corrected chi connectivity index (χ3v) is 2.19. The van der Waals surface area contributed by atoms with Crippen LogP contribution < -0.4 is 10.5 Å². The molecule has 2 N–H and O–H groups in total. The number of nitrogens with zero attached hydrogens (tertiary/aromatic N) is 2. The van der Waals surface area contributed by atoms with Crippen LogP contribution in [0.15, 0.2) is 30.6 Å². The monoisotopic (exact) mass is 223 g/mol. The predicted molar refractivity (Wildman–Crippen MR) is 59.1 cm³/mol. The highest BCUT2D eigenvalue weighted by molar-refractivity contribution is 6.30. The van der Waals surface area contributed by atoms with Gasteiger partial charge in [0.2, 0.25) is 0 Å². The summed E-state index contributed by atoms with van der Waals surface area (Å²) in [6.07, 6.45) is 3.45. The summed E-state index contributed by atoms with van der Waals surface area (Å²) in [5, 5.41) is 0.583. The lowest BCUT2D eigenvalue weighted by Gasteiger charge is -2.07. The van der Waals surface area contributed by atoms with Gasteiger partial charge < -0.3 is 15.0 Å². The summed E-state index contributed by atoms with van der Waals surface area (Å²) in [6.45, 7) is 0. The fourth-order valence-corrected chi connectivity index (χ4v) is 1.34. The maximum atomic E-state index is 5.77. The molecule has 0 aliphatic carbocycles. The molecule has 5 heteroatoms. The molecule has 2 rings (SSSR count). The minimum absolute atomic E-state index is 0.490. The zero-order valence-corrected chi connectivity index (χ0v) is 8.90. The number of rotatable bonds is 2. The average Bonchev–Trinajstić information content (AvgIpc) is 2.57. The van der Waals surface area contributed by atoms with Gasteiger partial charge >= 0.3 is 6.01 Å². The van der Waals surface area contributed by atoms with Crippen LogP contribution >= 0.6 is 11.6 Å². The van der Waals surface area contributed by atoms with Crippen LogP contribution in [0.5, 0.6) is 11.8 Å². The molecule has 1 heterocycles. The van der Waals surface area contributed by atoms with E-state index in [1.54, 1.807) is 35.2 Å². The second kappa shape index (κ2) is 3.82. The van der Waals surface area contributed by atoms with Gasteiger partial charge in [0.25, 0.3) is 0 Å². The number of aryl methyl sites for hydroxylation is 1. The van der Waals surface area contributed by atoms with Gasteiger partial charge in [-0.2, -0.15) is 0 Å². The number of imidazole rings is 1. The van der Waals surface area contributed by atoms with E-state index in [9.17, 15) is 0 Å². The number of benzene rings is 1. The SMILES string of the molecule is Cn1ccnc1Oc1ccc(Cl)cc1N. The average molecular weight is 224 g/mol. The molecule has 0 bridgehead atoms. The van der Waals surface area contributed by atoms with Crippen molar-refractivity contribution < 1.29 is 4.74 Å². The summed E-state index contributed by atoms with van der Waals surface area (Å²) in [7, 11) is 1.84. The summed E-state index contributed by atoms with van der Waals surface area (Å²) >= 11 is 5.77. The zero-order chi connectivity index (χ0) is 10.8. The van der Waals surface area contributed by atoms with Gasteiger partial charge in [-0.15, -0.1) is 0 Å². The van der Waals surface area contributed by atoms with Crippen LogP contribution in [0, 0.1) is 0 Å². The molecule has 0 saturated heterocycles. The van der Waals surface area contributed by atoms with Crippen LogP contribution in [0.25, 0.3) is 0 Å². The number of aromatic nitrogens is 2. The molecule has 0 amide bonds. The fraction of sp³-hybridized carbons (Fsp3) is 0.100. The molecular weight excluding hydrogens is 214 g/mol. The van der Waals surface area contributed by atoms with Gasteiger partial charge in [0.1, 0.15) is 0 Å². The number of nitrogen functional groups attached to an aromatic ring is 1. The van der Waals surface area contributed by atoms with Gasteiger partial charge in [-0.1, -0.05) is 11.6 Å². The number of hydrogen-bond acceptors (Lipinski definition) is 3. The van der Waals surface area contributed by atoms with E-state index < -0.39 is 0 Å². The van der Waals surface area contributed by atoms with Crippen LogP contribution in [-0.4, -0.2) is 9.55 Å². The van der Waals surface area contributed by atoms with E-state index >= 15 is 0 Å². The molecule has 2 aromatic rings. The van der Waals surface area contributed by atoms with E-state index in [-0.39, 0.29) is 0 Å². The Labute approximate surface area is 92.2 Å². The Balaban J connectivity index is 2.29. The lowest BCUT2D eigenvalue weighted by atomic mass is 10.3. The van der Waals surface area contributed by atoms with E-state index in [0.29, 0.717) is 22.5 Å². The Bertz CT molecular complexity index is 481. The number of halogens is 1. The van der Waals surface area contributed by atoms with Crippen molar-refractivity contribution in [2.75, 3.05) is 5.73 Å². The maximum absolute atomic E-state index is 5.77. The van der Waals surface area contributed by atoms with Crippen LogP contribution in [0.4, 0.5) is 5.69 Å². The first kappa shape index (κ1) is 9.86. The lowest BCUT2D eigenvalue weighted by molar-refractivity contribution is 0.427. The first-order valence-electron chi connectivity index (χ1n) is 4.37. The summed E-state index contributed by atoms with van der Waals surface area (Å²) in [4.78, 5) is 4.03. The van der Waals surface area contributed by atoms with E-state index in [1.165, 1.54) is 0 Å². The molecule has 0 unspecified atom stereocenters. The van der Waals surface area contributed by atoms with E-state index in [4.69, 9.17) is 22.1 Å². The van der Waals surface area contributed by atoms with Crippen molar-refractivity contribution in [1.82, 2.24) is 9.55 Å². The highest BCUT2D eigenvalue weighted by Gasteiger charge is 2.05. The molecule has 1 aromatic heterocycles. The Kier molecular flexibility index (Phi) is 2.51. The molecule has 0 saturated carbocycles. The molecule has 4 nitrogen and oxygen atoms in total. The van der Waals surface area contributed by atoms with E-state index in [0.717, 1.165) is 0 Å². The number of hydrogen-bond donors (Lipinski definition) is 1. The van der Waals surface area contributed by atoms with Crippen LogP contribution in [0.3, 0.4) is 0 Å². The van der Waals surface area contributed by atoms with Gasteiger partial charge in [-0.25, -0.2) is 4.98 Å². The van der Waals surface area contributed by atoms with Gasteiger partial charge in [0.05, 0.1) is 5.69 Å². The summed E-state index contributed by atoms with van der Waals surface area (Å²) in [5.41, 5.74) is 6.23. The minimum atomic E-state index is 0.490. The fourth-order valence-electron chi connectivity index (χ4n) is 1.16. The van der Waals surface area contributed by atoms with Gasteiger partial charge in [-0.05, 0) is 18.2 Å². The van der Waals surface area contributed by atoms with Gasteiger partial charge in [0.15, 0.2) is 5.75 Å². The van der Waals surface area contributed by atoms with Gasteiger partial charge in [-0.3, -0.25) is 0 Å². The Morgan fingerprint density at radius 3 is 2.87 bits per heavy atom. The Morgan fingerprint density at radius 1 is 1.47 bits per heavy atom. The quantitative estimate of drug-likeness (QED) is 0.796. The second-order valence-corrected chi connectivity index (χ2v) is 3.54. The second-order valence-electron chi connectivity index (χ2n) is 3.10. The summed E-state index contributed by atoms with van der Waals surface area (Å²) < 4.78 is 7.26. The lowest BCUT2D eigenvalue weighted by Crippen LogP contribution is -1.96. The normalized spacial score (nSPS) is 10.3. The molecule has 0 spiro atoms. The highest BCUT2D eigenvalue weighted by Crippen LogP contribution is 2.28. The molecule has 0 radical (unpaired) electrons. The molecule has 0 aliphatic heterocycles. The highest BCUT2D eigenvalue weighted by atomic mass is 35.5. The summed E-state index contributed by atoms with van der Waals surface area (Å²) in [6, 6.07) is 5.56. The maximum Gasteiger partial charge on any atom is 0.301 e. The van der Waals surface area contributed by atoms with Crippen LogP contribution in [0.1, 0.15) is 0 Å². The van der Waals surface area contributed by atoms with Crippen molar-refractivity contribution >= 4 is 17.3 Å². The number of anilines is 1. The molecule has 0 atom stereocenters. The predicted octanol–water partition coefficient (Wildman–Crippen LogP) is 2.45. The van der Waals surface area contributed by atoms with E-state index in [2.05, 4.69) is 4.98 Å². The van der Waals surface area contributed by atoms with Crippen molar-refractivity contribution in [2.24, 2.45) is 7.05 Å². The van der Waals surface area contributed by atoms with Crippen molar-refractivity contribution in [3.8, 4) is 11.8 Å². The van der Waals surface area contributed by atoms with Crippen LogP contribution in [0.2, 0.25) is 5.02 Å². The van der Waals surface area contributed by atoms with Crippen LogP contribution in [-0.2, 0) is 7.05 Å². The zero-order valence-electron chi connectivity index (χ0n) is 8.14. The molecule has 78 valence electrons. The van der Waals surface area contributed by atoms with Crippen molar-refractivity contribution in [1.29, 1.82) is 0 Å². The summed E-state index contributed by atoms with van der Waals surface area (Å²) in [5.74, 6) is 0.550. The van der Waals surface area contributed by atoms with Crippen molar-refractivity contribution in [3.63, 3.8) is 0 Å². The first-order chi connectivity index (χ1) is 7.16. The first-order valence-corrected chi connectivity index (χ1v) is 4.75. The number of nitrogens with two attached hydrogens (primary N) is 1. The third-order valence-electron chi connectivity index (χ3n) is 1.95. The molecule has 0 aliphatic rings. The topological polar surface area (TPSA) is 53.1 Å². The standard InChI is InChI=1S/C10H10ClN3O/c1-14-5-4-13-10(14)15-9-3-2-7(11)6-8(9)12/h2-6H,12H2,1H3. The Hall–Kier alpha value is -1.68. The molecule has 0 fully saturated rings. The Morgan fingerprint density at radius 2 is 2.27 bits per heavy atom. The molecular formula is C10H10ClN3O. The van der Waals surface area contributed by atoms with E-state index in [1.807, 2.05) is 7.05 Å². The largest absolute Gasteiger partial charge is 0.423 e. The van der Waals surface area contributed by atoms with Crippen molar-refractivity contribution in [3.05, 3.63) is 35.6 Å². The van der Waals surface area contributed by atoms with Crippen molar-refractivity contribution in [2.45, 2.75) is 0 Å². The minimum Gasteiger partial charge on any atom is -0.423 e. The number of ether oxygens (including phenoxy) is 1. The molecule has 1 aromatic carbocycles. The third kappa shape index (κ3) is 2.05.